The second-order valence-corrected chi connectivity index (χ2v) is 6.66. The van der Waals surface area contributed by atoms with Crippen LogP contribution in [0, 0.1) is 6.92 Å². The molecular weight excluding hydrogens is 348 g/mol. The molecule has 0 saturated heterocycles. The van der Waals surface area contributed by atoms with E-state index in [9.17, 15) is 0 Å². The van der Waals surface area contributed by atoms with Crippen LogP contribution >= 0.6 is 0 Å². The van der Waals surface area contributed by atoms with E-state index in [1.807, 2.05) is 37.5 Å². The van der Waals surface area contributed by atoms with Crippen LogP contribution in [0.4, 0.5) is 11.6 Å². The smallest absolute Gasteiger partial charge is 0.230 e. The second kappa shape index (κ2) is 10.2. The standard InChI is InChI=1S/C23H26N4O/c1-3-7-20-9-6-10-21(16-20)26-23-25-17-18(2)22(27-23)28-15-5-4-8-19-11-13-24-14-12-19/h3,6,9-14,16-17H,1,4-5,7-8,15H2,2H3,(H,25,26,27). The Bertz CT molecular complexity index is 896. The first-order valence-corrected chi connectivity index (χ1v) is 9.57. The van der Waals surface area contributed by atoms with Crippen molar-refractivity contribution in [3.63, 3.8) is 0 Å². The minimum atomic E-state index is 0.535. The summed E-state index contributed by atoms with van der Waals surface area (Å²) in [4.78, 5) is 12.9. The van der Waals surface area contributed by atoms with Gasteiger partial charge in [-0.15, -0.1) is 6.58 Å². The highest BCUT2D eigenvalue weighted by Gasteiger charge is 2.06. The van der Waals surface area contributed by atoms with Crippen LogP contribution in [0.2, 0.25) is 0 Å². The molecule has 0 aliphatic carbocycles. The van der Waals surface area contributed by atoms with Gasteiger partial charge >= 0.3 is 0 Å². The van der Waals surface area contributed by atoms with Gasteiger partial charge in [0.1, 0.15) is 0 Å². The molecule has 0 spiro atoms. The van der Waals surface area contributed by atoms with Crippen LogP contribution in [0.3, 0.4) is 0 Å². The molecule has 1 N–H and O–H groups in total. The fourth-order valence-corrected chi connectivity index (χ4v) is 2.85. The molecular formula is C23H26N4O. The number of anilines is 2. The van der Waals surface area contributed by atoms with Gasteiger partial charge in [0.15, 0.2) is 0 Å². The Morgan fingerprint density at radius 1 is 1.11 bits per heavy atom. The van der Waals surface area contributed by atoms with Crippen molar-refractivity contribution in [2.75, 3.05) is 11.9 Å². The third-order valence-corrected chi connectivity index (χ3v) is 4.34. The maximum atomic E-state index is 5.90. The van der Waals surface area contributed by atoms with Crippen molar-refractivity contribution in [3.8, 4) is 5.88 Å². The summed E-state index contributed by atoms with van der Waals surface area (Å²) >= 11 is 0. The van der Waals surface area contributed by atoms with E-state index in [2.05, 4.69) is 51.1 Å². The Morgan fingerprint density at radius 3 is 2.79 bits per heavy atom. The van der Waals surface area contributed by atoms with E-state index in [0.29, 0.717) is 18.4 Å². The molecule has 0 bridgehead atoms. The minimum Gasteiger partial charge on any atom is -0.477 e. The number of aryl methyl sites for hydroxylation is 2. The second-order valence-electron chi connectivity index (χ2n) is 6.66. The zero-order chi connectivity index (χ0) is 19.6. The van der Waals surface area contributed by atoms with Crippen molar-refractivity contribution in [2.45, 2.75) is 32.6 Å². The van der Waals surface area contributed by atoms with E-state index in [4.69, 9.17) is 4.74 Å². The molecule has 0 radical (unpaired) electrons. The van der Waals surface area contributed by atoms with Crippen LogP contribution in [0.25, 0.3) is 0 Å². The molecule has 3 aromatic rings. The lowest BCUT2D eigenvalue weighted by atomic mass is 10.1. The average molecular weight is 374 g/mol. The molecule has 28 heavy (non-hydrogen) atoms. The fourth-order valence-electron chi connectivity index (χ4n) is 2.85. The molecule has 0 aliphatic rings. The molecule has 0 fully saturated rings. The predicted octanol–water partition coefficient (Wildman–Crippen LogP) is 5.05. The van der Waals surface area contributed by atoms with Gasteiger partial charge in [-0.1, -0.05) is 18.2 Å². The normalized spacial score (nSPS) is 10.5. The van der Waals surface area contributed by atoms with Crippen molar-refractivity contribution >= 4 is 11.6 Å². The van der Waals surface area contributed by atoms with Crippen LogP contribution in [0.5, 0.6) is 5.88 Å². The van der Waals surface area contributed by atoms with E-state index in [1.165, 1.54) is 11.1 Å². The van der Waals surface area contributed by atoms with Crippen LogP contribution < -0.4 is 10.1 Å². The van der Waals surface area contributed by atoms with Crippen molar-refractivity contribution in [1.82, 2.24) is 15.0 Å². The number of benzene rings is 1. The van der Waals surface area contributed by atoms with E-state index >= 15 is 0 Å². The molecule has 1 aromatic carbocycles. The quantitative estimate of drug-likeness (QED) is 0.397. The lowest BCUT2D eigenvalue weighted by Crippen LogP contribution is -2.05. The van der Waals surface area contributed by atoms with Gasteiger partial charge < -0.3 is 10.1 Å². The Morgan fingerprint density at radius 2 is 1.96 bits per heavy atom. The number of hydrogen-bond acceptors (Lipinski definition) is 5. The van der Waals surface area contributed by atoms with Crippen LogP contribution in [0.1, 0.15) is 29.5 Å². The van der Waals surface area contributed by atoms with E-state index in [-0.39, 0.29) is 0 Å². The van der Waals surface area contributed by atoms with Gasteiger partial charge in [-0.2, -0.15) is 4.98 Å². The lowest BCUT2D eigenvalue weighted by molar-refractivity contribution is 0.293. The summed E-state index contributed by atoms with van der Waals surface area (Å²) in [6.45, 7) is 6.38. The van der Waals surface area contributed by atoms with Gasteiger partial charge in [0.05, 0.1) is 6.61 Å². The van der Waals surface area contributed by atoms with E-state index in [1.54, 1.807) is 6.20 Å². The number of nitrogens with one attached hydrogen (secondary N) is 1. The van der Waals surface area contributed by atoms with Crippen molar-refractivity contribution in [1.29, 1.82) is 0 Å². The molecule has 2 aromatic heterocycles. The van der Waals surface area contributed by atoms with E-state index in [0.717, 1.165) is 36.9 Å². The molecule has 5 nitrogen and oxygen atoms in total. The number of rotatable bonds is 10. The van der Waals surface area contributed by atoms with Gasteiger partial charge in [0.2, 0.25) is 11.8 Å². The highest BCUT2D eigenvalue weighted by atomic mass is 16.5. The van der Waals surface area contributed by atoms with Gasteiger partial charge in [-0.3, -0.25) is 4.98 Å². The number of nitrogens with zero attached hydrogens (tertiary/aromatic N) is 3. The Balaban J connectivity index is 1.52. The molecule has 2 heterocycles. The Hall–Kier alpha value is -3.21. The molecule has 3 rings (SSSR count). The first kappa shape index (κ1) is 19.5. The summed E-state index contributed by atoms with van der Waals surface area (Å²) in [6.07, 6.45) is 11.2. The highest BCUT2D eigenvalue weighted by molar-refractivity contribution is 5.55. The first-order chi connectivity index (χ1) is 13.7. The van der Waals surface area contributed by atoms with Crippen LogP contribution in [-0.2, 0) is 12.8 Å². The maximum absolute atomic E-state index is 5.90. The molecule has 0 unspecified atom stereocenters. The highest BCUT2D eigenvalue weighted by Crippen LogP contribution is 2.20. The molecule has 0 saturated carbocycles. The number of unbranched alkanes of at least 4 members (excludes halogenated alkanes) is 1. The molecule has 0 atom stereocenters. The SMILES string of the molecule is C=CCc1cccc(Nc2ncc(C)c(OCCCCc3ccncc3)n2)c1. The summed E-state index contributed by atoms with van der Waals surface area (Å²) in [5.74, 6) is 1.16. The Kier molecular flexibility index (Phi) is 7.13. The molecule has 0 amide bonds. The average Bonchev–Trinajstić information content (AvgIpc) is 2.71. The zero-order valence-electron chi connectivity index (χ0n) is 16.3. The minimum absolute atomic E-state index is 0.535. The summed E-state index contributed by atoms with van der Waals surface area (Å²) in [6, 6.07) is 12.3. The molecule has 5 heteroatoms. The van der Waals surface area contributed by atoms with E-state index < -0.39 is 0 Å². The van der Waals surface area contributed by atoms with Crippen LogP contribution in [-0.4, -0.2) is 21.6 Å². The topological polar surface area (TPSA) is 59.9 Å². The third-order valence-electron chi connectivity index (χ3n) is 4.34. The van der Waals surface area contributed by atoms with Crippen molar-refractivity contribution in [3.05, 3.63) is 84.3 Å². The fraction of sp³-hybridized carbons (Fsp3) is 0.261. The lowest BCUT2D eigenvalue weighted by Gasteiger charge is -2.11. The van der Waals surface area contributed by atoms with Crippen LogP contribution in [0.15, 0.2) is 67.6 Å². The first-order valence-electron chi connectivity index (χ1n) is 9.57. The number of hydrogen-bond donors (Lipinski definition) is 1. The third kappa shape index (κ3) is 5.91. The van der Waals surface area contributed by atoms with Gasteiger partial charge in [0, 0.05) is 29.8 Å². The molecule has 0 aliphatic heterocycles. The Labute approximate surface area is 166 Å². The predicted molar refractivity (Wildman–Crippen MR) is 113 cm³/mol. The number of pyridine rings is 1. The monoisotopic (exact) mass is 374 g/mol. The van der Waals surface area contributed by atoms with Gasteiger partial charge in [-0.05, 0) is 68.0 Å². The number of ether oxygens (including phenoxy) is 1. The van der Waals surface area contributed by atoms with Gasteiger partial charge in [0.25, 0.3) is 0 Å². The van der Waals surface area contributed by atoms with Gasteiger partial charge in [-0.25, -0.2) is 4.98 Å². The summed E-state index contributed by atoms with van der Waals surface area (Å²) in [5.41, 5.74) is 4.38. The van der Waals surface area contributed by atoms with Crippen molar-refractivity contribution < 1.29 is 4.74 Å². The number of allylic oxidation sites excluding steroid dienone is 1. The summed E-state index contributed by atoms with van der Waals surface area (Å²) in [5, 5.41) is 3.25. The largest absolute Gasteiger partial charge is 0.477 e. The molecule has 144 valence electrons. The summed E-state index contributed by atoms with van der Waals surface area (Å²) in [7, 11) is 0. The number of aromatic nitrogens is 3. The summed E-state index contributed by atoms with van der Waals surface area (Å²) < 4.78 is 5.90. The van der Waals surface area contributed by atoms with Crippen molar-refractivity contribution in [2.24, 2.45) is 0 Å². The maximum Gasteiger partial charge on any atom is 0.230 e. The zero-order valence-corrected chi connectivity index (χ0v) is 16.3.